The molecule has 2 heterocycles. The number of esters is 2. The minimum Gasteiger partial charge on any atom is -0.468 e. The number of methoxy groups -OCH3 is 1. The molecule has 0 fully saturated rings. The SMILES string of the molecule is CCCOC(=O)C1=C(C)NC2=C(C(=O)[C@H](C(=O)OC)[C@@H](C)C2)[C@@H]1c1ccc(C)s1. The number of aryl methyl sites for hydroxylation is 1. The number of allylic oxidation sites excluding steroid dienone is 3. The molecule has 156 valence electrons. The third-order valence-electron chi connectivity index (χ3n) is 5.45. The topological polar surface area (TPSA) is 81.7 Å². The number of nitrogens with one attached hydrogen (secondary N) is 1. The van der Waals surface area contributed by atoms with Gasteiger partial charge in [0.05, 0.1) is 25.2 Å². The van der Waals surface area contributed by atoms with Gasteiger partial charge in [-0.05, 0) is 44.7 Å². The Kier molecular flexibility index (Phi) is 6.27. The summed E-state index contributed by atoms with van der Waals surface area (Å²) in [5.74, 6) is -2.83. The lowest BCUT2D eigenvalue weighted by molar-refractivity contribution is -0.151. The Morgan fingerprint density at radius 1 is 1.28 bits per heavy atom. The van der Waals surface area contributed by atoms with Crippen molar-refractivity contribution >= 4 is 29.1 Å². The average Bonchev–Trinajstić information content (AvgIpc) is 3.10. The van der Waals surface area contributed by atoms with Gasteiger partial charge < -0.3 is 14.8 Å². The maximum absolute atomic E-state index is 13.5. The quantitative estimate of drug-likeness (QED) is 0.582. The molecule has 0 spiro atoms. The molecular weight excluding hydrogens is 390 g/mol. The Morgan fingerprint density at radius 2 is 2.00 bits per heavy atom. The molecule has 1 aliphatic carbocycles. The largest absolute Gasteiger partial charge is 0.468 e. The lowest BCUT2D eigenvalue weighted by Gasteiger charge is -2.37. The van der Waals surface area contributed by atoms with E-state index in [9.17, 15) is 14.4 Å². The summed E-state index contributed by atoms with van der Waals surface area (Å²) in [5.41, 5.74) is 2.39. The summed E-state index contributed by atoms with van der Waals surface area (Å²) >= 11 is 1.54. The Labute approximate surface area is 175 Å². The Morgan fingerprint density at radius 3 is 2.59 bits per heavy atom. The summed E-state index contributed by atoms with van der Waals surface area (Å²) in [5, 5.41) is 3.26. The normalized spacial score (nSPS) is 24.2. The molecule has 0 saturated heterocycles. The number of hydrogen-bond donors (Lipinski definition) is 1. The van der Waals surface area contributed by atoms with Crippen LogP contribution < -0.4 is 5.32 Å². The number of ether oxygens (including phenoxy) is 2. The maximum atomic E-state index is 13.5. The van der Waals surface area contributed by atoms with Crippen LogP contribution in [0.15, 0.2) is 34.7 Å². The number of hydrogen-bond acceptors (Lipinski definition) is 7. The molecule has 6 nitrogen and oxygen atoms in total. The molecule has 1 aromatic rings. The van der Waals surface area contributed by atoms with Gasteiger partial charge in [-0.1, -0.05) is 13.8 Å². The van der Waals surface area contributed by atoms with E-state index in [0.717, 1.165) is 15.5 Å². The van der Waals surface area contributed by atoms with E-state index >= 15 is 0 Å². The first-order valence-corrected chi connectivity index (χ1v) is 10.7. The molecule has 0 saturated carbocycles. The fourth-order valence-electron chi connectivity index (χ4n) is 4.12. The Bertz CT molecular complexity index is 910. The minimum atomic E-state index is -0.865. The van der Waals surface area contributed by atoms with Crippen LogP contribution in [0.5, 0.6) is 0 Å². The average molecular weight is 418 g/mol. The summed E-state index contributed by atoms with van der Waals surface area (Å²) in [6.45, 7) is 7.94. The molecule has 1 aliphatic heterocycles. The van der Waals surface area contributed by atoms with Crippen LogP contribution in [0.2, 0.25) is 0 Å². The number of rotatable bonds is 5. The number of carbonyl (C=O) groups excluding carboxylic acids is 3. The molecule has 0 amide bonds. The first-order chi connectivity index (χ1) is 13.8. The molecule has 0 aromatic carbocycles. The lowest BCUT2D eigenvalue weighted by Crippen LogP contribution is -2.43. The highest BCUT2D eigenvalue weighted by atomic mass is 32.1. The highest BCUT2D eigenvalue weighted by Gasteiger charge is 2.47. The lowest BCUT2D eigenvalue weighted by atomic mass is 9.70. The molecular formula is C22H27NO5S. The zero-order chi connectivity index (χ0) is 21.3. The van der Waals surface area contributed by atoms with E-state index in [0.29, 0.717) is 36.3 Å². The molecule has 0 unspecified atom stereocenters. The maximum Gasteiger partial charge on any atom is 0.336 e. The third kappa shape index (κ3) is 3.88. The Hall–Kier alpha value is -2.41. The fraction of sp³-hybridized carbons (Fsp3) is 0.500. The van der Waals surface area contributed by atoms with Gasteiger partial charge in [-0.3, -0.25) is 9.59 Å². The van der Waals surface area contributed by atoms with Crippen molar-refractivity contribution in [3.8, 4) is 0 Å². The van der Waals surface area contributed by atoms with Gasteiger partial charge in [-0.15, -0.1) is 11.3 Å². The van der Waals surface area contributed by atoms with Crippen molar-refractivity contribution in [2.75, 3.05) is 13.7 Å². The van der Waals surface area contributed by atoms with Gasteiger partial charge in [0.1, 0.15) is 5.92 Å². The van der Waals surface area contributed by atoms with Gasteiger partial charge in [0.15, 0.2) is 5.78 Å². The zero-order valence-electron chi connectivity index (χ0n) is 17.5. The van der Waals surface area contributed by atoms with Crippen molar-refractivity contribution in [2.24, 2.45) is 11.8 Å². The smallest absolute Gasteiger partial charge is 0.336 e. The van der Waals surface area contributed by atoms with Gasteiger partial charge >= 0.3 is 11.9 Å². The van der Waals surface area contributed by atoms with Gasteiger partial charge in [0, 0.05) is 26.7 Å². The van der Waals surface area contributed by atoms with E-state index in [1.165, 1.54) is 7.11 Å². The van der Waals surface area contributed by atoms with Crippen LogP contribution in [-0.4, -0.2) is 31.4 Å². The van der Waals surface area contributed by atoms with E-state index in [2.05, 4.69) is 5.32 Å². The molecule has 1 N–H and O–H groups in total. The van der Waals surface area contributed by atoms with E-state index in [1.807, 2.05) is 39.8 Å². The zero-order valence-corrected chi connectivity index (χ0v) is 18.3. The van der Waals surface area contributed by atoms with Crippen molar-refractivity contribution in [3.05, 3.63) is 44.4 Å². The number of dihydropyridines is 1. The van der Waals surface area contributed by atoms with E-state index in [-0.39, 0.29) is 11.7 Å². The monoisotopic (exact) mass is 417 g/mol. The molecule has 29 heavy (non-hydrogen) atoms. The second-order valence-electron chi connectivity index (χ2n) is 7.62. The van der Waals surface area contributed by atoms with Gasteiger partial charge in [0.2, 0.25) is 0 Å². The number of ketones is 1. The summed E-state index contributed by atoms with van der Waals surface area (Å²) in [4.78, 5) is 40.7. The standard InChI is InChI=1S/C22H27NO5S/c1-6-9-28-22(26)17-13(4)23-14-10-11(2)16(21(25)27-5)20(24)18(14)19(17)15-8-7-12(3)29-15/h7-8,11,16,19,23H,6,9-10H2,1-5H3/t11-,16+,19+/m0/s1. The van der Waals surface area contributed by atoms with Crippen LogP contribution in [0.3, 0.4) is 0 Å². The van der Waals surface area contributed by atoms with Crippen molar-refractivity contribution in [1.29, 1.82) is 0 Å². The second kappa shape index (κ2) is 8.53. The summed E-state index contributed by atoms with van der Waals surface area (Å²) in [6.07, 6.45) is 1.25. The van der Waals surface area contributed by atoms with Crippen molar-refractivity contribution in [2.45, 2.75) is 46.5 Å². The molecule has 7 heteroatoms. The van der Waals surface area contributed by atoms with Crippen molar-refractivity contribution in [1.82, 2.24) is 5.32 Å². The molecule has 0 radical (unpaired) electrons. The van der Waals surface area contributed by atoms with E-state index in [4.69, 9.17) is 9.47 Å². The number of carbonyl (C=O) groups is 3. The van der Waals surface area contributed by atoms with E-state index in [1.54, 1.807) is 11.3 Å². The fourth-order valence-corrected chi connectivity index (χ4v) is 5.11. The van der Waals surface area contributed by atoms with Crippen LogP contribution in [0, 0.1) is 18.8 Å². The highest BCUT2D eigenvalue weighted by molar-refractivity contribution is 7.12. The van der Waals surface area contributed by atoms with Crippen LogP contribution >= 0.6 is 11.3 Å². The number of thiophene rings is 1. The van der Waals surface area contributed by atoms with Crippen molar-refractivity contribution in [3.63, 3.8) is 0 Å². The summed E-state index contributed by atoms with van der Waals surface area (Å²) < 4.78 is 10.3. The van der Waals surface area contributed by atoms with Crippen molar-refractivity contribution < 1.29 is 23.9 Å². The van der Waals surface area contributed by atoms with Crippen LogP contribution in [-0.2, 0) is 23.9 Å². The molecule has 3 rings (SSSR count). The van der Waals surface area contributed by atoms with Crippen LogP contribution in [0.4, 0.5) is 0 Å². The number of Topliss-reactive ketones (excluding diaryl/α,β-unsaturated/α-hetero) is 1. The van der Waals surface area contributed by atoms with Gasteiger partial charge in [-0.2, -0.15) is 0 Å². The van der Waals surface area contributed by atoms with Gasteiger partial charge in [0.25, 0.3) is 0 Å². The minimum absolute atomic E-state index is 0.187. The predicted molar refractivity (Wildman–Crippen MR) is 110 cm³/mol. The van der Waals surface area contributed by atoms with Crippen LogP contribution in [0.25, 0.3) is 0 Å². The summed E-state index contributed by atoms with van der Waals surface area (Å²) in [7, 11) is 1.29. The molecule has 2 aliphatic rings. The highest BCUT2D eigenvalue weighted by Crippen LogP contribution is 2.46. The van der Waals surface area contributed by atoms with Gasteiger partial charge in [-0.25, -0.2) is 4.79 Å². The summed E-state index contributed by atoms with van der Waals surface area (Å²) in [6, 6.07) is 3.92. The van der Waals surface area contributed by atoms with E-state index < -0.39 is 23.8 Å². The molecule has 1 aromatic heterocycles. The van der Waals surface area contributed by atoms with Crippen LogP contribution in [0.1, 0.15) is 49.3 Å². The molecule has 3 atom stereocenters. The molecule has 0 bridgehead atoms. The Balaban J connectivity index is 2.13. The predicted octanol–water partition coefficient (Wildman–Crippen LogP) is 3.62. The first-order valence-electron chi connectivity index (χ1n) is 9.86. The third-order valence-corrected chi connectivity index (χ3v) is 6.51. The second-order valence-corrected chi connectivity index (χ2v) is 8.94. The first kappa shape index (κ1) is 21.3.